The first kappa shape index (κ1) is 23.4. The molecule has 7 nitrogen and oxygen atoms in total. The minimum absolute atomic E-state index is 0.0458. The van der Waals surface area contributed by atoms with Gasteiger partial charge in [0.05, 0.1) is 18.8 Å². The number of carbonyl (C=O) groups is 1. The van der Waals surface area contributed by atoms with E-state index in [1.807, 2.05) is 34.3 Å². The van der Waals surface area contributed by atoms with Gasteiger partial charge in [0.1, 0.15) is 11.3 Å². The van der Waals surface area contributed by atoms with Gasteiger partial charge in [0.25, 0.3) is 0 Å². The number of fused-ring (bicyclic) bond motifs is 1. The van der Waals surface area contributed by atoms with Crippen LogP contribution in [0.1, 0.15) is 37.5 Å². The molecule has 1 N–H and O–H groups in total. The third kappa shape index (κ3) is 5.48. The van der Waals surface area contributed by atoms with Gasteiger partial charge in [-0.3, -0.25) is 4.79 Å². The number of unbranched alkanes of at least 4 members (excludes halogenated alkanes) is 1. The SMILES string of the molecule is CCCCOc1ccc(-c2cc3c(N4CCC(C(=O)NCc5cccs5)CC4)nccn3n2)cc1. The Morgan fingerprint density at radius 2 is 2.03 bits per heavy atom. The standard InChI is InChI=1S/C27H31N5O2S/c1-2-3-16-34-22-8-6-20(7-9-22)24-18-25-26(28-12-15-32(25)30-24)31-13-10-21(11-14-31)27(33)29-19-23-5-4-17-35-23/h4-9,12,15,17-18,21H,2-3,10-11,13-14,16,19H2,1H3,(H,29,33). The van der Waals surface area contributed by atoms with Gasteiger partial charge in [0.2, 0.25) is 5.91 Å². The van der Waals surface area contributed by atoms with Crippen LogP contribution in [0.15, 0.2) is 60.2 Å². The normalized spacial score (nSPS) is 14.4. The number of nitrogens with one attached hydrogen (secondary N) is 1. The summed E-state index contributed by atoms with van der Waals surface area (Å²) in [4.78, 5) is 20.8. The van der Waals surface area contributed by atoms with Crippen molar-refractivity contribution in [3.63, 3.8) is 0 Å². The quantitative estimate of drug-likeness (QED) is 0.329. The van der Waals surface area contributed by atoms with Crippen LogP contribution >= 0.6 is 11.3 Å². The Bertz CT molecular complexity index is 1240. The molecule has 0 radical (unpaired) electrons. The molecular formula is C27H31N5O2S. The van der Waals surface area contributed by atoms with Gasteiger partial charge >= 0.3 is 0 Å². The van der Waals surface area contributed by atoms with E-state index < -0.39 is 0 Å². The highest BCUT2D eigenvalue weighted by molar-refractivity contribution is 7.09. The Kier molecular flexibility index (Phi) is 7.28. The molecule has 0 bridgehead atoms. The van der Waals surface area contributed by atoms with Gasteiger partial charge < -0.3 is 15.0 Å². The van der Waals surface area contributed by atoms with E-state index in [-0.39, 0.29) is 11.8 Å². The van der Waals surface area contributed by atoms with E-state index in [9.17, 15) is 4.79 Å². The summed E-state index contributed by atoms with van der Waals surface area (Å²) in [5, 5.41) is 9.91. The zero-order chi connectivity index (χ0) is 24.0. The summed E-state index contributed by atoms with van der Waals surface area (Å²) >= 11 is 1.67. The highest BCUT2D eigenvalue weighted by Crippen LogP contribution is 2.29. The van der Waals surface area contributed by atoms with Gasteiger partial charge in [0.15, 0.2) is 5.82 Å². The minimum Gasteiger partial charge on any atom is -0.494 e. The zero-order valence-electron chi connectivity index (χ0n) is 20.0. The molecule has 1 saturated heterocycles. The Morgan fingerprint density at radius 3 is 2.77 bits per heavy atom. The van der Waals surface area contributed by atoms with E-state index in [1.54, 1.807) is 17.5 Å². The highest BCUT2D eigenvalue weighted by atomic mass is 32.1. The largest absolute Gasteiger partial charge is 0.494 e. The topological polar surface area (TPSA) is 71.8 Å². The number of ether oxygens (including phenoxy) is 1. The van der Waals surface area contributed by atoms with Gasteiger partial charge in [0, 0.05) is 41.8 Å². The fourth-order valence-corrected chi connectivity index (χ4v) is 5.08. The van der Waals surface area contributed by atoms with Crippen LogP contribution in [-0.4, -0.2) is 40.2 Å². The number of rotatable bonds is 9. The number of aromatic nitrogens is 3. The molecule has 0 aliphatic carbocycles. The monoisotopic (exact) mass is 489 g/mol. The third-order valence-corrected chi connectivity index (χ3v) is 7.34. The lowest BCUT2D eigenvalue weighted by Crippen LogP contribution is -2.40. The van der Waals surface area contributed by atoms with Crippen molar-refractivity contribution in [2.24, 2.45) is 5.92 Å². The van der Waals surface area contributed by atoms with E-state index >= 15 is 0 Å². The second-order valence-electron chi connectivity index (χ2n) is 8.90. The lowest BCUT2D eigenvalue weighted by Gasteiger charge is -2.32. The highest BCUT2D eigenvalue weighted by Gasteiger charge is 2.26. The Balaban J connectivity index is 1.24. The number of amides is 1. The van der Waals surface area contributed by atoms with Gasteiger partial charge in [-0.25, -0.2) is 9.50 Å². The summed E-state index contributed by atoms with van der Waals surface area (Å²) in [6.45, 7) is 5.11. The van der Waals surface area contributed by atoms with Crippen molar-refractivity contribution >= 4 is 28.6 Å². The second kappa shape index (κ2) is 10.9. The average molecular weight is 490 g/mol. The lowest BCUT2D eigenvalue weighted by atomic mass is 9.96. The van der Waals surface area contributed by atoms with Crippen molar-refractivity contribution in [3.05, 3.63) is 65.1 Å². The first-order valence-corrected chi connectivity index (χ1v) is 13.2. The minimum atomic E-state index is 0.0458. The summed E-state index contributed by atoms with van der Waals surface area (Å²) < 4.78 is 7.68. The van der Waals surface area contributed by atoms with Crippen molar-refractivity contribution in [1.82, 2.24) is 19.9 Å². The summed E-state index contributed by atoms with van der Waals surface area (Å²) in [6, 6.07) is 14.3. The maximum Gasteiger partial charge on any atom is 0.223 e. The predicted molar refractivity (Wildman–Crippen MR) is 140 cm³/mol. The molecule has 0 saturated carbocycles. The fourth-order valence-electron chi connectivity index (χ4n) is 4.43. The maximum atomic E-state index is 12.6. The number of benzene rings is 1. The van der Waals surface area contributed by atoms with E-state index in [1.165, 1.54) is 4.88 Å². The molecule has 1 aromatic carbocycles. The predicted octanol–water partition coefficient (Wildman–Crippen LogP) is 5.17. The summed E-state index contributed by atoms with van der Waals surface area (Å²) in [6.07, 6.45) is 7.50. The Labute approximate surface area is 209 Å². The number of nitrogens with zero attached hydrogens (tertiary/aromatic N) is 4. The molecule has 0 atom stereocenters. The first-order chi connectivity index (χ1) is 17.2. The van der Waals surface area contributed by atoms with E-state index in [0.717, 1.165) is 73.7 Å². The first-order valence-electron chi connectivity index (χ1n) is 12.3. The van der Waals surface area contributed by atoms with E-state index in [4.69, 9.17) is 9.84 Å². The summed E-state index contributed by atoms with van der Waals surface area (Å²) in [5.41, 5.74) is 2.93. The molecule has 35 heavy (non-hydrogen) atoms. The number of hydrogen-bond donors (Lipinski definition) is 1. The summed E-state index contributed by atoms with van der Waals surface area (Å²) in [5.74, 6) is 2.00. The number of hydrogen-bond acceptors (Lipinski definition) is 6. The number of piperidine rings is 1. The molecule has 182 valence electrons. The van der Waals surface area contributed by atoms with Crippen LogP contribution < -0.4 is 15.0 Å². The van der Waals surface area contributed by atoms with Gasteiger partial charge in [-0.1, -0.05) is 19.4 Å². The van der Waals surface area contributed by atoms with Crippen molar-refractivity contribution in [2.75, 3.05) is 24.6 Å². The molecule has 1 fully saturated rings. The van der Waals surface area contributed by atoms with Crippen molar-refractivity contribution in [2.45, 2.75) is 39.2 Å². The summed E-state index contributed by atoms with van der Waals surface area (Å²) in [7, 11) is 0. The number of thiophene rings is 1. The second-order valence-corrected chi connectivity index (χ2v) is 9.93. The molecule has 8 heteroatoms. The van der Waals surface area contributed by atoms with Crippen molar-refractivity contribution in [1.29, 1.82) is 0 Å². The Hall–Kier alpha value is -3.39. The number of carbonyl (C=O) groups excluding carboxylic acids is 1. The van der Waals surface area contributed by atoms with Gasteiger partial charge in [-0.15, -0.1) is 11.3 Å². The molecule has 0 spiro atoms. The molecule has 0 unspecified atom stereocenters. The molecule has 4 aromatic rings. The van der Waals surface area contributed by atoms with Crippen LogP contribution in [0.5, 0.6) is 5.75 Å². The van der Waals surface area contributed by atoms with Crippen LogP contribution in [-0.2, 0) is 11.3 Å². The van der Waals surface area contributed by atoms with Gasteiger partial charge in [-0.2, -0.15) is 5.10 Å². The van der Waals surface area contributed by atoms with E-state index in [2.05, 4.69) is 46.4 Å². The molecule has 5 rings (SSSR count). The van der Waals surface area contributed by atoms with Crippen LogP contribution in [0.3, 0.4) is 0 Å². The Morgan fingerprint density at radius 1 is 1.20 bits per heavy atom. The van der Waals surface area contributed by atoms with Crippen LogP contribution in [0, 0.1) is 5.92 Å². The van der Waals surface area contributed by atoms with Gasteiger partial charge in [-0.05, 0) is 61.0 Å². The van der Waals surface area contributed by atoms with E-state index in [0.29, 0.717) is 6.54 Å². The molecule has 3 aromatic heterocycles. The number of anilines is 1. The molecule has 1 aliphatic rings. The third-order valence-electron chi connectivity index (χ3n) is 6.47. The molecule has 4 heterocycles. The average Bonchev–Trinajstić information content (AvgIpc) is 3.58. The van der Waals surface area contributed by atoms with Crippen LogP contribution in [0.2, 0.25) is 0 Å². The molecule has 1 amide bonds. The lowest BCUT2D eigenvalue weighted by molar-refractivity contribution is -0.125. The fraction of sp³-hybridized carbons (Fsp3) is 0.370. The van der Waals surface area contributed by atoms with Crippen LogP contribution in [0.25, 0.3) is 16.8 Å². The van der Waals surface area contributed by atoms with Crippen LogP contribution in [0.4, 0.5) is 5.82 Å². The van der Waals surface area contributed by atoms with Crippen molar-refractivity contribution in [3.8, 4) is 17.0 Å². The zero-order valence-corrected chi connectivity index (χ0v) is 20.8. The smallest absolute Gasteiger partial charge is 0.223 e. The molecule has 1 aliphatic heterocycles. The molecular weight excluding hydrogens is 458 g/mol. The van der Waals surface area contributed by atoms with Crippen molar-refractivity contribution < 1.29 is 9.53 Å². The maximum absolute atomic E-state index is 12.6.